The lowest BCUT2D eigenvalue weighted by atomic mass is 9.92. The third-order valence-corrected chi connectivity index (χ3v) is 10.2. The van der Waals surface area contributed by atoms with E-state index in [1.54, 1.807) is 25.0 Å². The summed E-state index contributed by atoms with van der Waals surface area (Å²) in [6, 6.07) is 5.66. The second kappa shape index (κ2) is 10.1. The maximum absolute atomic E-state index is 13.7. The zero-order chi connectivity index (χ0) is 26.3. The van der Waals surface area contributed by atoms with Gasteiger partial charge < -0.3 is 19.9 Å². The minimum atomic E-state index is -3.50. The van der Waals surface area contributed by atoms with Gasteiger partial charge in [-0.05, 0) is 55.7 Å². The topological polar surface area (TPSA) is 138 Å². The molecule has 3 aliphatic rings. The van der Waals surface area contributed by atoms with E-state index in [-0.39, 0.29) is 42.3 Å². The molecule has 2 aromatic rings. The summed E-state index contributed by atoms with van der Waals surface area (Å²) in [7, 11) is -1.93. The first-order valence-electron chi connectivity index (χ1n) is 13.0. The summed E-state index contributed by atoms with van der Waals surface area (Å²) in [4.78, 5) is 45.0. The molecule has 5 atom stereocenters. The van der Waals surface area contributed by atoms with E-state index >= 15 is 0 Å². The number of ether oxygens (including phenoxy) is 1. The van der Waals surface area contributed by atoms with E-state index in [0.717, 1.165) is 30.2 Å². The number of carbonyl (C=O) groups is 3. The fourth-order valence-electron chi connectivity index (χ4n) is 6.34. The monoisotopic (exact) mass is 530 g/mol. The van der Waals surface area contributed by atoms with Crippen molar-refractivity contribution in [1.82, 2.24) is 19.9 Å². The van der Waals surface area contributed by atoms with E-state index in [1.807, 2.05) is 18.2 Å². The molecule has 3 heterocycles. The quantitative estimate of drug-likeness (QED) is 0.477. The van der Waals surface area contributed by atoms with Crippen LogP contribution in [0.15, 0.2) is 24.3 Å². The summed E-state index contributed by atoms with van der Waals surface area (Å²) in [5.74, 6) is 0.0190. The fraction of sp³-hybridized carbons (Fsp3) is 0.577. The van der Waals surface area contributed by atoms with Gasteiger partial charge >= 0.3 is 0 Å². The molecule has 3 N–H and O–H groups in total. The molecule has 10 nitrogen and oxygen atoms in total. The average Bonchev–Trinajstić information content (AvgIpc) is 3.65. The highest BCUT2D eigenvalue weighted by Crippen LogP contribution is 2.43. The Hall–Kier alpha value is -2.92. The SMILES string of the molecule is CCC(=O)C(CC1CCNS1(=O)=O)NC(=O)C1C2CCCC2CN1C(=O)c1cc2c(OC)cccc2[nH]1. The highest BCUT2D eigenvalue weighted by atomic mass is 32.2. The van der Waals surface area contributed by atoms with Crippen molar-refractivity contribution in [3.05, 3.63) is 30.0 Å². The predicted molar refractivity (Wildman–Crippen MR) is 138 cm³/mol. The molecule has 0 radical (unpaired) electrons. The van der Waals surface area contributed by atoms with Crippen LogP contribution in [0.5, 0.6) is 5.75 Å². The molecule has 2 saturated heterocycles. The molecule has 5 unspecified atom stereocenters. The molecule has 0 bridgehead atoms. The molecule has 1 aromatic carbocycles. The Kier molecular flexibility index (Phi) is 7.01. The summed E-state index contributed by atoms with van der Waals surface area (Å²) < 4.78 is 32.5. The molecule has 5 rings (SSSR count). The number of likely N-dealkylation sites (tertiary alicyclic amines) is 1. The molecule has 11 heteroatoms. The number of ketones is 1. The summed E-state index contributed by atoms with van der Waals surface area (Å²) in [5, 5.41) is 2.92. The van der Waals surface area contributed by atoms with Gasteiger partial charge in [-0.25, -0.2) is 13.1 Å². The van der Waals surface area contributed by atoms with Crippen LogP contribution in [0.25, 0.3) is 10.9 Å². The molecule has 2 aliphatic heterocycles. The third-order valence-electron chi connectivity index (χ3n) is 8.25. The molecular weight excluding hydrogens is 496 g/mol. The summed E-state index contributed by atoms with van der Waals surface area (Å²) >= 11 is 0. The zero-order valence-corrected chi connectivity index (χ0v) is 22.0. The summed E-state index contributed by atoms with van der Waals surface area (Å²) in [5.41, 5.74) is 1.14. The Morgan fingerprint density at radius 1 is 1.22 bits per heavy atom. The lowest BCUT2D eigenvalue weighted by Gasteiger charge is -2.29. The second-order valence-corrected chi connectivity index (χ2v) is 12.4. The maximum atomic E-state index is 13.7. The van der Waals surface area contributed by atoms with E-state index in [1.165, 1.54) is 0 Å². The number of amides is 2. The number of hydrogen-bond donors (Lipinski definition) is 3. The minimum absolute atomic E-state index is 0.0112. The highest BCUT2D eigenvalue weighted by Gasteiger charge is 2.50. The van der Waals surface area contributed by atoms with E-state index in [2.05, 4.69) is 15.0 Å². The number of H-pyrrole nitrogens is 1. The average molecular weight is 531 g/mol. The van der Waals surface area contributed by atoms with Crippen LogP contribution in [0.4, 0.5) is 0 Å². The highest BCUT2D eigenvalue weighted by molar-refractivity contribution is 7.90. The summed E-state index contributed by atoms with van der Waals surface area (Å²) in [6.45, 7) is 2.50. The Morgan fingerprint density at radius 3 is 2.73 bits per heavy atom. The molecule has 1 saturated carbocycles. The molecule has 37 heavy (non-hydrogen) atoms. The van der Waals surface area contributed by atoms with E-state index in [0.29, 0.717) is 31.0 Å². The number of fused-ring (bicyclic) bond motifs is 2. The second-order valence-electron chi connectivity index (χ2n) is 10.3. The normalized spacial score (nSPS) is 27.2. The number of aromatic nitrogens is 1. The Bertz CT molecular complexity index is 1320. The first-order chi connectivity index (χ1) is 17.7. The van der Waals surface area contributed by atoms with Gasteiger partial charge in [-0.1, -0.05) is 19.4 Å². The van der Waals surface area contributed by atoms with Crippen molar-refractivity contribution in [2.24, 2.45) is 11.8 Å². The van der Waals surface area contributed by atoms with Gasteiger partial charge in [0.25, 0.3) is 5.91 Å². The van der Waals surface area contributed by atoms with Gasteiger partial charge in [-0.15, -0.1) is 0 Å². The Labute approximate surface area is 216 Å². The molecule has 2 amide bonds. The summed E-state index contributed by atoms with van der Waals surface area (Å²) in [6.07, 6.45) is 3.39. The van der Waals surface area contributed by atoms with Gasteiger partial charge in [0, 0.05) is 30.4 Å². The standard InChI is InChI=1S/C26H34N4O6S/c1-3-22(31)20(12-16-10-11-27-37(16,34)35)29-25(32)24-17-7-4-6-15(17)14-30(24)26(33)21-13-18-19(28-21)8-5-9-23(18)36-2/h5,8-9,13,15-17,20,24,27-28H,3-4,6-7,10-12,14H2,1-2H3,(H,29,32). The molecular formula is C26H34N4O6S. The number of Topliss-reactive ketones (excluding diaryl/α,β-unsaturated/α-hetero) is 1. The van der Waals surface area contributed by atoms with Crippen LogP contribution in [-0.4, -0.2) is 73.4 Å². The molecule has 0 spiro atoms. The zero-order valence-electron chi connectivity index (χ0n) is 21.2. The third kappa shape index (κ3) is 4.74. The van der Waals surface area contributed by atoms with Gasteiger partial charge in [0.2, 0.25) is 15.9 Å². The Balaban J connectivity index is 1.40. The largest absolute Gasteiger partial charge is 0.496 e. The van der Waals surface area contributed by atoms with Crippen LogP contribution < -0.4 is 14.8 Å². The smallest absolute Gasteiger partial charge is 0.271 e. The fourth-order valence-corrected chi connectivity index (χ4v) is 7.85. The van der Waals surface area contributed by atoms with Gasteiger partial charge in [-0.3, -0.25) is 14.4 Å². The Morgan fingerprint density at radius 2 is 2.03 bits per heavy atom. The molecule has 1 aliphatic carbocycles. The first kappa shape index (κ1) is 25.7. The van der Waals surface area contributed by atoms with Crippen molar-refractivity contribution in [2.45, 2.75) is 62.8 Å². The minimum Gasteiger partial charge on any atom is -0.496 e. The van der Waals surface area contributed by atoms with Gasteiger partial charge in [-0.2, -0.15) is 0 Å². The van der Waals surface area contributed by atoms with Gasteiger partial charge in [0.1, 0.15) is 17.5 Å². The van der Waals surface area contributed by atoms with Crippen molar-refractivity contribution < 1.29 is 27.5 Å². The molecule has 200 valence electrons. The lowest BCUT2D eigenvalue weighted by molar-refractivity contribution is -0.131. The lowest BCUT2D eigenvalue weighted by Crippen LogP contribution is -2.53. The molecule has 1 aromatic heterocycles. The number of nitrogens with one attached hydrogen (secondary N) is 3. The van der Waals surface area contributed by atoms with E-state index in [4.69, 9.17) is 4.74 Å². The van der Waals surface area contributed by atoms with Gasteiger partial charge in [0.15, 0.2) is 5.78 Å². The van der Waals surface area contributed by atoms with Crippen LogP contribution in [0.2, 0.25) is 0 Å². The number of rotatable bonds is 8. The number of hydrogen-bond acceptors (Lipinski definition) is 6. The number of sulfonamides is 1. The molecule has 3 fully saturated rings. The van der Waals surface area contributed by atoms with Crippen LogP contribution in [0, 0.1) is 11.8 Å². The number of carbonyl (C=O) groups excluding carboxylic acids is 3. The number of aromatic amines is 1. The number of nitrogens with zero attached hydrogens (tertiary/aromatic N) is 1. The van der Waals surface area contributed by atoms with Crippen molar-refractivity contribution in [2.75, 3.05) is 20.2 Å². The van der Waals surface area contributed by atoms with Crippen LogP contribution >= 0.6 is 0 Å². The van der Waals surface area contributed by atoms with Crippen LogP contribution in [-0.2, 0) is 19.6 Å². The maximum Gasteiger partial charge on any atom is 0.271 e. The van der Waals surface area contributed by atoms with Gasteiger partial charge in [0.05, 0.1) is 18.4 Å². The number of methoxy groups -OCH3 is 1. The first-order valence-corrected chi connectivity index (χ1v) is 14.6. The van der Waals surface area contributed by atoms with E-state index < -0.39 is 27.4 Å². The van der Waals surface area contributed by atoms with E-state index in [9.17, 15) is 22.8 Å². The van der Waals surface area contributed by atoms with Crippen LogP contribution in [0.3, 0.4) is 0 Å². The number of benzene rings is 1. The van der Waals surface area contributed by atoms with Crippen molar-refractivity contribution in [1.29, 1.82) is 0 Å². The van der Waals surface area contributed by atoms with Crippen LogP contribution in [0.1, 0.15) is 55.9 Å². The van der Waals surface area contributed by atoms with Crippen molar-refractivity contribution >= 4 is 38.5 Å². The predicted octanol–water partition coefficient (Wildman–Crippen LogP) is 1.96. The van der Waals surface area contributed by atoms with Crippen molar-refractivity contribution in [3.8, 4) is 5.75 Å². The van der Waals surface area contributed by atoms with Crippen molar-refractivity contribution in [3.63, 3.8) is 0 Å².